The minimum atomic E-state index is 0.00976. The molecule has 1 aromatic heterocycles. The molecule has 1 aliphatic carbocycles. The Morgan fingerprint density at radius 3 is 2.55 bits per heavy atom. The van der Waals surface area contributed by atoms with Crippen molar-refractivity contribution in [3.05, 3.63) is 55.6 Å². The molecule has 0 aliphatic heterocycles. The van der Waals surface area contributed by atoms with E-state index in [1.807, 2.05) is 35.7 Å². The fourth-order valence-corrected chi connectivity index (χ4v) is 4.05. The van der Waals surface area contributed by atoms with Crippen LogP contribution in [0.2, 0.25) is 5.02 Å². The SMILES string of the molecule is O=C(N[C@H]1CC[C@H]1c1ccc(Cl)cc1)c1sccc1Br. The van der Waals surface area contributed by atoms with Gasteiger partial charge in [0.25, 0.3) is 5.91 Å². The van der Waals surface area contributed by atoms with Crippen LogP contribution in [0.25, 0.3) is 0 Å². The van der Waals surface area contributed by atoms with Gasteiger partial charge >= 0.3 is 0 Å². The van der Waals surface area contributed by atoms with Gasteiger partial charge in [-0.25, -0.2) is 0 Å². The van der Waals surface area contributed by atoms with Gasteiger partial charge in [-0.3, -0.25) is 4.79 Å². The summed E-state index contributed by atoms with van der Waals surface area (Å²) >= 11 is 10.8. The van der Waals surface area contributed by atoms with E-state index >= 15 is 0 Å². The molecule has 1 aromatic carbocycles. The van der Waals surface area contributed by atoms with Crippen LogP contribution in [0.4, 0.5) is 0 Å². The highest BCUT2D eigenvalue weighted by molar-refractivity contribution is 9.10. The molecule has 3 rings (SSSR count). The minimum absolute atomic E-state index is 0.00976. The van der Waals surface area contributed by atoms with Crippen LogP contribution in [0.5, 0.6) is 0 Å². The summed E-state index contributed by atoms with van der Waals surface area (Å²) in [6.45, 7) is 0. The number of rotatable bonds is 3. The zero-order chi connectivity index (χ0) is 14.1. The molecule has 1 N–H and O–H groups in total. The molecule has 104 valence electrons. The Morgan fingerprint density at radius 1 is 1.25 bits per heavy atom. The van der Waals surface area contributed by atoms with Crippen LogP contribution < -0.4 is 5.32 Å². The van der Waals surface area contributed by atoms with E-state index in [0.717, 1.165) is 27.2 Å². The molecule has 20 heavy (non-hydrogen) atoms. The van der Waals surface area contributed by atoms with Gasteiger partial charge in [-0.1, -0.05) is 23.7 Å². The normalized spacial score (nSPS) is 21.3. The van der Waals surface area contributed by atoms with E-state index in [2.05, 4.69) is 21.2 Å². The number of halogens is 2. The van der Waals surface area contributed by atoms with Crippen molar-refractivity contribution >= 4 is 44.8 Å². The molecular weight excluding hydrogens is 358 g/mol. The van der Waals surface area contributed by atoms with Gasteiger partial charge in [0.15, 0.2) is 0 Å². The van der Waals surface area contributed by atoms with Crippen LogP contribution in [0, 0.1) is 0 Å². The lowest BCUT2D eigenvalue weighted by Crippen LogP contribution is -2.45. The summed E-state index contributed by atoms with van der Waals surface area (Å²) in [7, 11) is 0. The van der Waals surface area contributed by atoms with Crippen LogP contribution in [-0.2, 0) is 0 Å². The first-order valence-electron chi connectivity index (χ1n) is 6.44. The number of benzene rings is 1. The Bertz CT molecular complexity index is 625. The second-order valence-electron chi connectivity index (χ2n) is 4.91. The molecule has 5 heteroatoms. The maximum atomic E-state index is 12.2. The molecule has 1 saturated carbocycles. The molecule has 0 radical (unpaired) electrons. The summed E-state index contributed by atoms with van der Waals surface area (Å²) in [5.41, 5.74) is 1.25. The summed E-state index contributed by atoms with van der Waals surface area (Å²) in [6.07, 6.45) is 2.14. The Hall–Kier alpha value is -0.840. The van der Waals surface area contributed by atoms with Gasteiger partial charge in [0.05, 0.1) is 0 Å². The van der Waals surface area contributed by atoms with Crippen LogP contribution in [0.15, 0.2) is 40.2 Å². The third-order valence-corrected chi connectivity index (χ3v) is 5.80. The fourth-order valence-electron chi connectivity index (χ4n) is 2.47. The number of carbonyl (C=O) groups is 1. The van der Waals surface area contributed by atoms with Crippen molar-refractivity contribution in [3.8, 4) is 0 Å². The van der Waals surface area contributed by atoms with E-state index in [0.29, 0.717) is 5.92 Å². The molecule has 1 amide bonds. The van der Waals surface area contributed by atoms with Crippen LogP contribution in [0.1, 0.15) is 34.0 Å². The average molecular weight is 371 g/mol. The van der Waals surface area contributed by atoms with Gasteiger partial charge in [0.1, 0.15) is 4.88 Å². The van der Waals surface area contributed by atoms with E-state index in [1.54, 1.807) is 0 Å². The van der Waals surface area contributed by atoms with E-state index in [-0.39, 0.29) is 11.9 Å². The molecule has 2 nitrogen and oxygen atoms in total. The van der Waals surface area contributed by atoms with Crippen molar-refractivity contribution in [1.82, 2.24) is 5.32 Å². The zero-order valence-corrected chi connectivity index (χ0v) is 13.8. The Labute approximate surface area is 135 Å². The summed E-state index contributed by atoms with van der Waals surface area (Å²) in [5.74, 6) is 0.408. The molecule has 1 aliphatic rings. The summed E-state index contributed by atoms with van der Waals surface area (Å²) in [6, 6.07) is 10.0. The molecule has 2 atom stereocenters. The third kappa shape index (κ3) is 2.78. The molecule has 0 spiro atoms. The zero-order valence-electron chi connectivity index (χ0n) is 10.6. The highest BCUT2D eigenvalue weighted by atomic mass is 79.9. The molecule has 0 saturated heterocycles. The summed E-state index contributed by atoms with van der Waals surface area (Å²) < 4.78 is 0.863. The van der Waals surface area contributed by atoms with Gasteiger partial charge in [0, 0.05) is 21.5 Å². The summed E-state index contributed by atoms with van der Waals surface area (Å²) in [4.78, 5) is 13.0. The monoisotopic (exact) mass is 369 g/mol. The molecule has 1 fully saturated rings. The van der Waals surface area contributed by atoms with Gasteiger partial charge in [-0.2, -0.15) is 0 Å². The van der Waals surface area contributed by atoms with E-state index in [9.17, 15) is 4.79 Å². The highest BCUT2D eigenvalue weighted by Crippen LogP contribution is 2.37. The number of hydrogen-bond donors (Lipinski definition) is 1. The lowest BCUT2D eigenvalue weighted by atomic mass is 9.75. The average Bonchev–Trinajstić information content (AvgIpc) is 2.83. The quantitative estimate of drug-likeness (QED) is 0.823. The first-order valence-corrected chi connectivity index (χ1v) is 8.49. The largest absolute Gasteiger partial charge is 0.348 e. The Morgan fingerprint density at radius 2 is 2.00 bits per heavy atom. The number of hydrogen-bond acceptors (Lipinski definition) is 2. The summed E-state index contributed by atoms with van der Waals surface area (Å²) in [5, 5.41) is 5.79. The van der Waals surface area contributed by atoms with Crippen molar-refractivity contribution < 1.29 is 4.79 Å². The van der Waals surface area contributed by atoms with Gasteiger partial charge in [0.2, 0.25) is 0 Å². The fraction of sp³-hybridized carbons (Fsp3) is 0.267. The maximum Gasteiger partial charge on any atom is 0.262 e. The predicted octanol–water partition coefficient (Wildman–Crippen LogP) is 4.84. The molecule has 2 aromatic rings. The van der Waals surface area contributed by atoms with E-state index in [1.165, 1.54) is 16.9 Å². The van der Waals surface area contributed by atoms with Crippen LogP contribution in [-0.4, -0.2) is 11.9 Å². The second kappa shape index (κ2) is 5.88. The first-order chi connectivity index (χ1) is 9.65. The van der Waals surface area contributed by atoms with Crippen LogP contribution in [0.3, 0.4) is 0 Å². The number of carbonyl (C=O) groups excluding carboxylic acids is 1. The van der Waals surface area contributed by atoms with Crippen molar-refractivity contribution in [1.29, 1.82) is 0 Å². The maximum absolute atomic E-state index is 12.2. The van der Waals surface area contributed by atoms with Crippen molar-refractivity contribution in [2.24, 2.45) is 0 Å². The van der Waals surface area contributed by atoms with Gasteiger partial charge < -0.3 is 5.32 Å². The molecule has 0 bridgehead atoms. The van der Waals surface area contributed by atoms with Crippen molar-refractivity contribution in [2.75, 3.05) is 0 Å². The van der Waals surface area contributed by atoms with Gasteiger partial charge in [-0.05, 0) is 57.9 Å². The lowest BCUT2D eigenvalue weighted by molar-refractivity contribution is 0.0908. The third-order valence-electron chi connectivity index (χ3n) is 3.71. The molecular formula is C15H13BrClNOS. The van der Waals surface area contributed by atoms with E-state index in [4.69, 9.17) is 11.6 Å². The minimum Gasteiger partial charge on any atom is -0.348 e. The number of thiophene rings is 1. The first kappa shape index (κ1) is 14.1. The number of amides is 1. The van der Waals surface area contributed by atoms with E-state index < -0.39 is 0 Å². The number of nitrogens with one attached hydrogen (secondary N) is 1. The van der Waals surface area contributed by atoms with Gasteiger partial charge in [-0.15, -0.1) is 11.3 Å². The van der Waals surface area contributed by atoms with Crippen molar-refractivity contribution in [2.45, 2.75) is 24.8 Å². The molecule has 0 unspecified atom stereocenters. The standard InChI is InChI=1S/C15H13BrClNOS/c16-12-7-8-20-14(12)15(19)18-13-6-5-11(13)9-1-3-10(17)4-2-9/h1-4,7-8,11,13H,5-6H2,(H,18,19)/t11-,13-/m0/s1. The second-order valence-corrected chi connectivity index (χ2v) is 7.12. The topological polar surface area (TPSA) is 29.1 Å². The molecule has 1 heterocycles. The smallest absolute Gasteiger partial charge is 0.262 e. The predicted molar refractivity (Wildman–Crippen MR) is 86.7 cm³/mol. The Balaban J connectivity index is 1.68. The van der Waals surface area contributed by atoms with Crippen molar-refractivity contribution in [3.63, 3.8) is 0 Å². The Kier molecular flexibility index (Phi) is 4.15. The highest BCUT2D eigenvalue weighted by Gasteiger charge is 2.33. The lowest BCUT2D eigenvalue weighted by Gasteiger charge is -2.37. The van der Waals surface area contributed by atoms with Crippen LogP contribution >= 0.6 is 38.9 Å².